The van der Waals surface area contributed by atoms with Crippen molar-refractivity contribution >= 4 is 44.4 Å². The lowest BCUT2D eigenvalue weighted by molar-refractivity contribution is 0.590. The van der Waals surface area contributed by atoms with Crippen LogP contribution in [0.25, 0.3) is 44.4 Å². The Morgan fingerprint density at radius 1 is 0.594 bits per heavy atom. The molecule has 0 bridgehead atoms. The van der Waals surface area contributed by atoms with Gasteiger partial charge in [0.2, 0.25) is 5.78 Å². The number of fused-ring (bicyclic) bond motifs is 10. The van der Waals surface area contributed by atoms with Gasteiger partial charge in [0.25, 0.3) is 0 Å². The SMILES string of the molecule is CC(C)(C)c1ccc2c(c1)c1nc3ccccc3n1c1nc3ccc(C(C)(C)C)cc3n21. The molecule has 0 N–H and O–H groups in total. The Balaban J connectivity index is 1.90. The molecule has 0 saturated carbocycles. The summed E-state index contributed by atoms with van der Waals surface area (Å²) in [4.78, 5) is 10.1. The van der Waals surface area contributed by atoms with Crippen molar-refractivity contribution in [3.63, 3.8) is 0 Å². The number of rotatable bonds is 0. The topological polar surface area (TPSA) is 34.6 Å². The van der Waals surface area contributed by atoms with Crippen molar-refractivity contribution in [2.24, 2.45) is 0 Å². The van der Waals surface area contributed by atoms with Crippen LogP contribution >= 0.6 is 0 Å². The van der Waals surface area contributed by atoms with Crippen molar-refractivity contribution in [3.05, 3.63) is 71.8 Å². The maximum absolute atomic E-state index is 5.10. The van der Waals surface area contributed by atoms with E-state index >= 15 is 0 Å². The maximum Gasteiger partial charge on any atom is 0.221 e. The third-order valence-electron chi connectivity index (χ3n) is 6.61. The van der Waals surface area contributed by atoms with Gasteiger partial charge in [-0.1, -0.05) is 65.8 Å². The summed E-state index contributed by atoms with van der Waals surface area (Å²) in [6.07, 6.45) is 0. The highest BCUT2D eigenvalue weighted by molar-refractivity contribution is 6.01. The molecule has 0 saturated heterocycles. The quantitative estimate of drug-likeness (QED) is 0.264. The Labute approximate surface area is 187 Å². The van der Waals surface area contributed by atoms with Crippen molar-refractivity contribution in [2.45, 2.75) is 52.4 Å². The number of hydrogen-bond donors (Lipinski definition) is 0. The lowest BCUT2D eigenvalue weighted by atomic mass is 9.86. The fraction of sp³-hybridized carbons (Fsp3) is 0.286. The fourth-order valence-corrected chi connectivity index (χ4v) is 4.70. The van der Waals surface area contributed by atoms with Crippen LogP contribution in [0.15, 0.2) is 60.7 Å². The van der Waals surface area contributed by atoms with Crippen LogP contribution in [0.5, 0.6) is 0 Å². The van der Waals surface area contributed by atoms with Gasteiger partial charge >= 0.3 is 0 Å². The minimum atomic E-state index is 0.0581. The molecule has 0 aliphatic rings. The third kappa shape index (κ3) is 2.62. The Morgan fingerprint density at radius 2 is 1.25 bits per heavy atom. The van der Waals surface area contributed by atoms with E-state index in [1.807, 2.05) is 6.07 Å². The van der Waals surface area contributed by atoms with Crippen molar-refractivity contribution in [2.75, 3.05) is 0 Å². The van der Waals surface area contributed by atoms with Gasteiger partial charge in [-0.3, -0.25) is 8.80 Å². The molecular formula is C28H28N4. The zero-order valence-electron chi connectivity index (χ0n) is 19.6. The zero-order chi connectivity index (χ0) is 22.4. The van der Waals surface area contributed by atoms with Crippen LogP contribution < -0.4 is 0 Å². The zero-order valence-corrected chi connectivity index (χ0v) is 19.6. The second kappa shape index (κ2) is 6.10. The second-order valence-electron chi connectivity index (χ2n) is 10.9. The van der Waals surface area contributed by atoms with Gasteiger partial charge in [-0.25, -0.2) is 9.97 Å². The molecule has 0 spiro atoms. The predicted octanol–water partition coefficient (Wildman–Crippen LogP) is 7.04. The molecule has 6 rings (SSSR count). The van der Waals surface area contributed by atoms with Crippen molar-refractivity contribution in [3.8, 4) is 0 Å². The Bertz CT molecular complexity index is 1680. The molecular weight excluding hydrogens is 392 g/mol. The van der Waals surface area contributed by atoms with E-state index < -0.39 is 0 Å². The standard InChI is InChI=1S/C28H28N4/c1-27(2,3)17-12-14-22-19(15-17)25-29-20-9-7-8-10-23(20)32(25)26-30-21-13-11-18(28(4,5)6)16-24(21)31(22)26/h7-16H,1-6H3. The normalized spacial score (nSPS) is 13.3. The first-order valence-electron chi connectivity index (χ1n) is 11.3. The second-order valence-corrected chi connectivity index (χ2v) is 10.9. The van der Waals surface area contributed by atoms with Gasteiger partial charge in [-0.2, -0.15) is 0 Å². The minimum Gasteiger partial charge on any atom is -0.277 e. The molecule has 0 amide bonds. The molecule has 0 fully saturated rings. The van der Waals surface area contributed by atoms with E-state index in [1.54, 1.807) is 0 Å². The third-order valence-corrected chi connectivity index (χ3v) is 6.61. The lowest BCUT2D eigenvalue weighted by Crippen LogP contribution is -2.11. The van der Waals surface area contributed by atoms with Crippen LogP contribution in [0, 0.1) is 0 Å². The molecule has 32 heavy (non-hydrogen) atoms. The maximum atomic E-state index is 5.10. The van der Waals surface area contributed by atoms with Crippen molar-refractivity contribution in [1.29, 1.82) is 0 Å². The van der Waals surface area contributed by atoms with E-state index in [1.165, 1.54) is 11.1 Å². The molecule has 160 valence electrons. The summed E-state index contributed by atoms with van der Waals surface area (Å²) in [7, 11) is 0. The number of aromatic nitrogens is 4. The largest absolute Gasteiger partial charge is 0.277 e. The fourth-order valence-electron chi connectivity index (χ4n) is 4.70. The van der Waals surface area contributed by atoms with Crippen LogP contribution in [0.3, 0.4) is 0 Å². The number of imidazole rings is 2. The number of para-hydroxylation sites is 2. The Hall–Kier alpha value is -3.40. The monoisotopic (exact) mass is 420 g/mol. The highest BCUT2D eigenvalue weighted by Gasteiger charge is 2.22. The summed E-state index contributed by atoms with van der Waals surface area (Å²) in [5, 5.41) is 1.15. The smallest absolute Gasteiger partial charge is 0.221 e. The highest BCUT2D eigenvalue weighted by atomic mass is 15.2. The molecule has 4 nitrogen and oxygen atoms in total. The van der Waals surface area contributed by atoms with E-state index in [4.69, 9.17) is 9.97 Å². The molecule has 3 aromatic heterocycles. The predicted molar refractivity (Wildman–Crippen MR) is 134 cm³/mol. The first kappa shape index (κ1) is 19.3. The van der Waals surface area contributed by atoms with Gasteiger partial charge in [0, 0.05) is 5.39 Å². The highest BCUT2D eigenvalue weighted by Crippen LogP contribution is 2.34. The van der Waals surface area contributed by atoms with E-state index in [0.717, 1.165) is 44.4 Å². The molecule has 6 aromatic rings. The summed E-state index contributed by atoms with van der Waals surface area (Å²) in [6.45, 7) is 13.5. The average molecular weight is 421 g/mol. The van der Waals surface area contributed by atoms with E-state index in [0.29, 0.717) is 0 Å². The summed E-state index contributed by atoms with van der Waals surface area (Å²) in [5.74, 6) is 0.908. The van der Waals surface area contributed by atoms with Gasteiger partial charge < -0.3 is 0 Å². The average Bonchev–Trinajstić information content (AvgIpc) is 3.30. The number of hydrogen-bond acceptors (Lipinski definition) is 2. The Morgan fingerprint density at radius 3 is 2.00 bits per heavy atom. The summed E-state index contributed by atoms with van der Waals surface area (Å²) in [6, 6.07) is 21.8. The van der Waals surface area contributed by atoms with Gasteiger partial charge in [-0.05, 0) is 58.4 Å². The molecule has 0 unspecified atom stereocenters. The molecule has 0 aliphatic heterocycles. The van der Waals surface area contributed by atoms with Crippen LogP contribution in [0.2, 0.25) is 0 Å². The summed E-state index contributed by atoms with van der Waals surface area (Å²) in [5.41, 5.74) is 9.06. The molecule has 0 atom stereocenters. The number of benzene rings is 3. The van der Waals surface area contributed by atoms with Gasteiger partial charge in [0.1, 0.15) is 5.65 Å². The van der Waals surface area contributed by atoms with E-state index in [2.05, 4.69) is 105 Å². The van der Waals surface area contributed by atoms with Crippen LogP contribution in [0.4, 0.5) is 0 Å². The molecule has 3 heterocycles. The van der Waals surface area contributed by atoms with Crippen molar-refractivity contribution < 1.29 is 0 Å². The molecule has 0 radical (unpaired) electrons. The minimum absolute atomic E-state index is 0.0581. The first-order valence-corrected chi connectivity index (χ1v) is 11.3. The van der Waals surface area contributed by atoms with E-state index in [-0.39, 0.29) is 10.8 Å². The van der Waals surface area contributed by atoms with E-state index in [9.17, 15) is 0 Å². The Kier molecular flexibility index (Phi) is 3.68. The molecule has 4 heteroatoms. The molecule has 0 aliphatic carbocycles. The molecule has 3 aromatic carbocycles. The number of nitrogens with zero attached hydrogens (tertiary/aromatic N) is 4. The lowest BCUT2D eigenvalue weighted by Gasteiger charge is -2.20. The van der Waals surface area contributed by atoms with Crippen LogP contribution in [-0.2, 0) is 10.8 Å². The van der Waals surface area contributed by atoms with Gasteiger partial charge in [0.05, 0.1) is 27.6 Å². The van der Waals surface area contributed by atoms with Crippen LogP contribution in [-0.4, -0.2) is 18.8 Å². The van der Waals surface area contributed by atoms with Crippen molar-refractivity contribution in [1.82, 2.24) is 18.8 Å². The first-order chi connectivity index (χ1) is 15.1. The summed E-state index contributed by atoms with van der Waals surface area (Å²) < 4.78 is 4.54. The van der Waals surface area contributed by atoms with Crippen LogP contribution in [0.1, 0.15) is 52.7 Å². The van der Waals surface area contributed by atoms with Gasteiger partial charge in [-0.15, -0.1) is 0 Å². The summed E-state index contributed by atoms with van der Waals surface area (Å²) >= 11 is 0. The van der Waals surface area contributed by atoms with Gasteiger partial charge in [0.15, 0.2) is 0 Å².